The zero-order valence-electron chi connectivity index (χ0n) is 14.0. The summed E-state index contributed by atoms with van der Waals surface area (Å²) in [7, 11) is 0. The molecule has 1 N–H and O–H groups in total. The van der Waals surface area contributed by atoms with E-state index in [9.17, 15) is 14.9 Å². The van der Waals surface area contributed by atoms with Crippen molar-refractivity contribution in [2.24, 2.45) is 0 Å². The molecule has 0 atom stereocenters. The van der Waals surface area contributed by atoms with Crippen molar-refractivity contribution in [2.75, 3.05) is 11.9 Å². The van der Waals surface area contributed by atoms with Crippen LogP contribution in [-0.2, 0) is 4.79 Å². The van der Waals surface area contributed by atoms with Crippen molar-refractivity contribution in [2.45, 2.75) is 27.2 Å². The first-order valence-electron chi connectivity index (χ1n) is 7.62. The lowest BCUT2D eigenvalue weighted by Gasteiger charge is -2.11. The maximum absolute atomic E-state index is 12.0. The summed E-state index contributed by atoms with van der Waals surface area (Å²) in [6.07, 6.45) is 0.162. The van der Waals surface area contributed by atoms with Crippen molar-refractivity contribution in [3.05, 3.63) is 63.2 Å². The minimum Gasteiger partial charge on any atom is -0.493 e. The minimum absolute atomic E-state index is 0.0533. The van der Waals surface area contributed by atoms with E-state index in [-0.39, 0.29) is 24.6 Å². The lowest BCUT2D eigenvalue weighted by molar-refractivity contribution is -0.384. The number of nitro benzene ring substituents is 1. The number of non-ortho nitro benzene ring substituents is 1. The van der Waals surface area contributed by atoms with Gasteiger partial charge in [0, 0.05) is 12.1 Å². The summed E-state index contributed by atoms with van der Waals surface area (Å²) in [4.78, 5) is 22.3. The Balaban J connectivity index is 1.92. The topological polar surface area (TPSA) is 81.5 Å². The molecule has 0 aliphatic carbocycles. The summed E-state index contributed by atoms with van der Waals surface area (Å²) in [6, 6.07) is 10.2. The van der Waals surface area contributed by atoms with Gasteiger partial charge in [-0.05, 0) is 38.0 Å². The van der Waals surface area contributed by atoms with Gasteiger partial charge >= 0.3 is 0 Å². The Kier molecular flexibility index (Phi) is 5.52. The van der Waals surface area contributed by atoms with E-state index in [1.165, 1.54) is 12.1 Å². The molecule has 2 rings (SSSR count). The van der Waals surface area contributed by atoms with Crippen molar-refractivity contribution in [3.63, 3.8) is 0 Å². The summed E-state index contributed by atoms with van der Waals surface area (Å²) in [5, 5.41) is 13.5. The smallest absolute Gasteiger partial charge is 0.271 e. The van der Waals surface area contributed by atoms with E-state index in [0.717, 1.165) is 22.4 Å². The first-order chi connectivity index (χ1) is 11.4. The zero-order valence-corrected chi connectivity index (χ0v) is 14.0. The number of nitrogens with one attached hydrogen (secondary N) is 1. The Hall–Kier alpha value is -2.89. The maximum atomic E-state index is 12.0. The first-order valence-corrected chi connectivity index (χ1v) is 7.62. The SMILES string of the molecule is Cc1ccc(OCCC(=O)Nc2cc([N+](=O)[O-])ccc2C)c(C)c1. The molecule has 0 aromatic heterocycles. The van der Waals surface area contributed by atoms with Gasteiger partial charge in [-0.15, -0.1) is 0 Å². The van der Waals surface area contributed by atoms with Crippen LogP contribution in [-0.4, -0.2) is 17.4 Å². The molecule has 0 heterocycles. The second kappa shape index (κ2) is 7.59. The summed E-state index contributed by atoms with van der Waals surface area (Å²) in [5.74, 6) is 0.503. The molecule has 126 valence electrons. The Morgan fingerprint density at radius 3 is 2.54 bits per heavy atom. The maximum Gasteiger partial charge on any atom is 0.271 e. The molecule has 6 nitrogen and oxygen atoms in total. The molecule has 0 saturated heterocycles. The van der Waals surface area contributed by atoms with Gasteiger partial charge in [-0.1, -0.05) is 23.8 Å². The molecule has 6 heteroatoms. The molecular weight excluding hydrogens is 308 g/mol. The molecule has 0 radical (unpaired) electrons. The third-order valence-electron chi connectivity index (χ3n) is 3.62. The molecule has 0 unspecified atom stereocenters. The predicted octanol–water partition coefficient (Wildman–Crippen LogP) is 3.93. The van der Waals surface area contributed by atoms with E-state index < -0.39 is 4.92 Å². The molecule has 0 aliphatic heterocycles. The second-order valence-corrected chi connectivity index (χ2v) is 5.67. The second-order valence-electron chi connectivity index (χ2n) is 5.67. The fourth-order valence-corrected chi connectivity index (χ4v) is 2.29. The zero-order chi connectivity index (χ0) is 17.7. The van der Waals surface area contributed by atoms with E-state index in [1.807, 2.05) is 32.0 Å². The fourth-order valence-electron chi connectivity index (χ4n) is 2.29. The normalized spacial score (nSPS) is 10.3. The van der Waals surface area contributed by atoms with Gasteiger partial charge in [-0.25, -0.2) is 0 Å². The molecule has 0 fully saturated rings. The van der Waals surface area contributed by atoms with E-state index in [1.54, 1.807) is 13.0 Å². The number of amides is 1. The average molecular weight is 328 g/mol. The highest BCUT2D eigenvalue weighted by Gasteiger charge is 2.11. The Morgan fingerprint density at radius 1 is 1.12 bits per heavy atom. The number of nitro groups is 1. The van der Waals surface area contributed by atoms with Gasteiger partial charge < -0.3 is 10.1 Å². The van der Waals surface area contributed by atoms with Crippen LogP contribution in [0.4, 0.5) is 11.4 Å². The van der Waals surface area contributed by atoms with Crippen LogP contribution in [0, 0.1) is 30.9 Å². The standard InChI is InChI=1S/C18H20N2O4/c1-12-4-7-17(14(3)10-12)24-9-8-18(21)19-16-11-15(20(22)23)6-5-13(16)2/h4-7,10-11H,8-9H2,1-3H3,(H,19,21). The molecule has 0 saturated carbocycles. The highest BCUT2D eigenvalue weighted by atomic mass is 16.6. The molecule has 2 aromatic rings. The van der Waals surface area contributed by atoms with Crippen LogP contribution in [0.25, 0.3) is 0 Å². The van der Waals surface area contributed by atoms with Crippen LogP contribution in [0.2, 0.25) is 0 Å². The number of aryl methyl sites for hydroxylation is 3. The van der Waals surface area contributed by atoms with Crippen molar-refractivity contribution >= 4 is 17.3 Å². The summed E-state index contributed by atoms with van der Waals surface area (Å²) < 4.78 is 5.62. The summed E-state index contributed by atoms with van der Waals surface area (Å²) in [5.41, 5.74) is 3.33. The Bertz CT molecular complexity index is 772. The number of hydrogen-bond donors (Lipinski definition) is 1. The van der Waals surface area contributed by atoms with Crippen molar-refractivity contribution in [3.8, 4) is 5.75 Å². The van der Waals surface area contributed by atoms with Crippen LogP contribution in [0.5, 0.6) is 5.75 Å². The van der Waals surface area contributed by atoms with Gasteiger partial charge in [-0.3, -0.25) is 14.9 Å². The van der Waals surface area contributed by atoms with Crippen LogP contribution in [0.3, 0.4) is 0 Å². The summed E-state index contributed by atoms with van der Waals surface area (Å²) >= 11 is 0. The molecule has 24 heavy (non-hydrogen) atoms. The Morgan fingerprint density at radius 2 is 1.88 bits per heavy atom. The number of benzene rings is 2. The van der Waals surface area contributed by atoms with Gasteiger partial charge in [0.25, 0.3) is 5.69 Å². The molecule has 0 aliphatic rings. The first kappa shape index (κ1) is 17.5. The van der Waals surface area contributed by atoms with Gasteiger partial charge in [-0.2, -0.15) is 0 Å². The number of anilines is 1. The highest BCUT2D eigenvalue weighted by molar-refractivity contribution is 5.91. The quantitative estimate of drug-likeness (QED) is 0.643. The molecule has 2 aromatic carbocycles. The number of nitrogens with zero attached hydrogens (tertiary/aromatic N) is 1. The van der Waals surface area contributed by atoms with Crippen molar-refractivity contribution in [1.82, 2.24) is 0 Å². The van der Waals surface area contributed by atoms with Gasteiger partial charge in [0.15, 0.2) is 0 Å². The van der Waals surface area contributed by atoms with Crippen LogP contribution in [0.15, 0.2) is 36.4 Å². The number of hydrogen-bond acceptors (Lipinski definition) is 4. The third-order valence-corrected chi connectivity index (χ3v) is 3.62. The van der Waals surface area contributed by atoms with Crippen molar-refractivity contribution < 1.29 is 14.5 Å². The van der Waals surface area contributed by atoms with Crippen LogP contribution >= 0.6 is 0 Å². The molecule has 0 spiro atoms. The largest absolute Gasteiger partial charge is 0.493 e. The Labute approximate surface area is 140 Å². The lowest BCUT2D eigenvalue weighted by atomic mass is 10.1. The predicted molar refractivity (Wildman–Crippen MR) is 92.5 cm³/mol. The monoisotopic (exact) mass is 328 g/mol. The molecular formula is C18H20N2O4. The number of ether oxygens (including phenoxy) is 1. The average Bonchev–Trinajstić information content (AvgIpc) is 2.51. The van der Waals surface area contributed by atoms with E-state index in [0.29, 0.717) is 5.69 Å². The van der Waals surface area contributed by atoms with E-state index >= 15 is 0 Å². The van der Waals surface area contributed by atoms with Crippen LogP contribution < -0.4 is 10.1 Å². The van der Waals surface area contributed by atoms with Crippen molar-refractivity contribution in [1.29, 1.82) is 0 Å². The number of carbonyl (C=O) groups excluding carboxylic acids is 1. The van der Waals surface area contributed by atoms with E-state index in [2.05, 4.69) is 5.32 Å². The number of rotatable bonds is 6. The fraction of sp³-hybridized carbons (Fsp3) is 0.278. The highest BCUT2D eigenvalue weighted by Crippen LogP contribution is 2.22. The van der Waals surface area contributed by atoms with E-state index in [4.69, 9.17) is 4.74 Å². The van der Waals surface area contributed by atoms with Gasteiger partial charge in [0.1, 0.15) is 5.75 Å². The molecule has 1 amide bonds. The van der Waals surface area contributed by atoms with Gasteiger partial charge in [0.2, 0.25) is 5.91 Å². The van der Waals surface area contributed by atoms with Gasteiger partial charge in [0.05, 0.1) is 23.6 Å². The minimum atomic E-state index is -0.488. The van der Waals surface area contributed by atoms with Crippen LogP contribution in [0.1, 0.15) is 23.1 Å². The number of carbonyl (C=O) groups is 1. The molecule has 0 bridgehead atoms. The summed E-state index contributed by atoms with van der Waals surface area (Å²) in [6.45, 7) is 5.98. The third kappa shape index (κ3) is 4.55. The lowest BCUT2D eigenvalue weighted by Crippen LogP contribution is -2.16.